The van der Waals surface area contributed by atoms with Crippen LogP contribution in [-0.4, -0.2) is 36.2 Å². The van der Waals surface area contributed by atoms with Gasteiger partial charge in [-0.25, -0.2) is 0 Å². The summed E-state index contributed by atoms with van der Waals surface area (Å²) in [5.74, 6) is 0. The third-order valence-electron chi connectivity index (χ3n) is 1.08. The van der Waals surface area contributed by atoms with Crippen LogP contribution in [0.2, 0.25) is 6.04 Å². The Balaban J connectivity index is 0.000000360. The third kappa shape index (κ3) is 3.40. The SMILES string of the molecule is C1CC[SiH2]OC1.[GaH3]. The van der Waals surface area contributed by atoms with Gasteiger partial charge in [-0.2, -0.15) is 0 Å². The summed E-state index contributed by atoms with van der Waals surface area (Å²) < 4.78 is 5.21. The van der Waals surface area contributed by atoms with Gasteiger partial charge in [0.1, 0.15) is 0 Å². The van der Waals surface area contributed by atoms with E-state index in [2.05, 4.69) is 0 Å². The molecular formula is C4H13GaOSi. The summed E-state index contributed by atoms with van der Waals surface area (Å²) in [6, 6.07) is 1.42. The quantitative estimate of drug-likeness (QED) is 0.434. The predicted molar refractivity (Wildman–Crippen MR) is 38.5 cm³/mol. The first-order valence-electron chi connectivity index (χ1n) is 2.58. The van der Waals surface area contributed by atoms with Crippen molar-refractivity contribution >= 4 is 29.6 Å². The van der Waals surface area contributed by atoms with E-state index in [0.29, 0.717) is 0 Å². The number of hydrogen-bond donors (Lipinski definition) is 0. The standard InChI is InChI=1S/C4H10OSi.Ga.3H/c1-2-4-6-5-3-1;;;;/h1-4,6H2;;;;. The average Bonchev–Trinajstić information content (AvgIpc) is 1.72. The van der Waals surface area contributed by atoms with Crippen LogP contribution < -0.4 is 0 Å². The van der Waals surface area contributed by atoms with Gasteiger partial charge in [-0.15, -0.1) is 0 Å². The van der Waals surface area contributed by atoms with E-state index in [-0.39, 0.29) is 29.6 Å². The molecule has 0 saturated carbocycles. The molecule has 42 valence electrons. The first-order chi connectivity index (χ1) is 3.00. The molecule has 1 rings (SSSR count). The minimum absolute atomic E-state index is 0. The maximum atomic E-state index is 5.21. The normalized spacial score (nSPS) is 24.0. The van der Waals surface area contributed by atoms with Crippen LogP contribution in [0.1, 0.15) is 12.8 Å². The molecule has 0 amide bonds. The van der Waals surface area contributed by atoms with Crippen molar-refractivity contribution in [2.75, 3.05) is 6.61 Å². The van der Waals surface area contributed by atoms with Crippen molar-refractivity contribution < 1.29 is 4.43 Å². The van der Waals surface area contributed by atoms with Crippen LogP contribution in [0.15, 0.2) is 0 Å². The van der Waals surface area contributed by atoms with E-state index < -0.39 is 0 Å². The monoisotopic (exact) mass is 174 g/mol. The molecule has 1 nitrogen and oxygen atoms in total. The Morgan fingerprint density at radius 3 is 2.29 bits per heavy atom. The topological polar surface area (TPSA) is 9.23 Å². The van der Waals surface area contributed by atoms with Gasteiger partial charge in [0.05, 0.1) is 0 Å². The molecule has 1 heterocycles. The zero-order valence-corrected chi connectivity index (χ0v) is 5.36. The molecule has 0 N–H and O–H groups in total. The second-order valence-corrected chi connectivity index (χ2v) is 3.20. The van der Waals surface area contributed by atoms with Crippen molar-refractivity contribution in [3.63, 3.8) is 0 Å². The molecule has 1 aliphatic rings. The van der Waals surface area contributed by atoms with Crippen molar-refractivity contribution in [1.29, 1.82) is 0 Å². The van der Waals surface area contributed by atoms with Crippen molar-refractivity contribution in [3.05, 3.63) is 0 Å². The fourth-order valence-electron chi connectivity index (χ4n) is 0.687. The Hall–Kier alpha value is 0.813. The van der Waals surface area contributed by atoms with E-state index in [9.17, 15) is 0 Å². The van der Waals surface area contributed by atoms with Gasteiger partial charge in [-0.3, -0.25) is 0 Å². The molecule has 1 saturated heterocycles. The molecule has 0 aromatic rings. The fourth-order valence-corrected chi connectivity index (χ4v) is 1.86. The van der Waals surface area contributed by atoms with Gasteiger partial charge in [0.2, 0.25) is 0 Å². The zero-order valence-electron chi connectivity index (χ0n) is 3.94. The molecule has 0 aromatic carbocycles. The molecule has 0 aromatic heterocycles. The molecular weight excluding hydrogens is 162 g/mol. The summed E-state index contributed by atoms with van der Waals surface area (Å²) in [5, 5.41) is 0. The van der Waals surface area contributed by atoms with Crippen LogP contribution in [0.5, 0.6) is 0 Å². The average molecular weight is 175 g/mol. The molecule has 0 aliphatic carbocycles. The summed E-state index contributed by atoms with van der Waals surface area (Å²) in [6.45, 7) is 1.06. The van der Waals surface area contributed by atoms with Gasteiger partial charge in [0.15, 0.2) is 9.76 Å². The Labute approximate surface area is 59.8 Å². The molecule has 1 fully saturated rings. The molecule has 0 bridgehead atoms. The molecule has 0 atom stereocenters. The summed E-state index contributed by atoms with van der Waals surface area (Å²) >= 11 is 0. The molecule has 3 heteroatoms. The zero-order chi connectivity index (χ0) is 4.24. The predicted octanol–water partition coefficient (Wildman–Crippen LogP) is -0.885. The second-order valence-electron chi connectivity index (χ2n) is 1.67. The van der Waals surface area contributed by atoms with E-state index in [1.165, 1.54) is 18.9 Å². The van der Waals surface area contributed by atoms with Gasteiger partial charge in [-0.1, -0.05) is 6.42 Å². The van der Waals surface area contributed by atoms with Crippen molar-refractivity contribution in [2.45, 2.75) is 18.9 Å². The summed E-state index contributed by atoms with van der Waals surface area (Å²) in [4.78, 5) is 0. The first-order valence-corrected chi connectivity index (χ1v) is 4.15. The van der Waals surface area contributed by atoms with Crippen LogP contribution in [-0.2, 0) is 4.43 Å². The van der Waals surface area contributed by atoms with Crippen LogP contribution in [0.4, 0.5) is 0 Å². The molecule has 0 unspecified atom stereocenters. The maximum absolute atomic E-state index is 5.21. The Morgan fingerprint density at radius 1 is 1.29 bits per heavy atom. The van der Waals surface area contributed by atoms with Crippen LogP contribution in [0, 0.1) is 0 Å². The molecule has 1 aliphatic heterocycles. The van der Waals surface area contributed by atoms with Gasteiger partial charge in [0.25, 0.3) is 0 Å². The van der Waals surface area contributed by atoms with Gasteiger partial charge in [-0.05, 0) is 12.5 Å². The third-order valence-corrected chi connectivity index (χ3v) is 2.44. The number of rotatable bonds is 0. The molecule has 0 radical (unpaired) electrons. The van der Waals surface area contributed by atoms with E-state index in [0.717, 1.165) is 6.61 Å². The van der Waals surface area contributed by atoms with Crippen LogP contribution in [0.3, 0.4) is 0 Å². The van der Waals surface area contributed by atoms with Gasteiger partial charge >= 0.3 is 19.8 Å². The first kappa shape index (κ1) is 7.81. The minimum atomic E-state index is 0. The number of hydrogen-bond acceptors (Lipinski definition) is 1. The van der Waals surface area contributed by atoms with Crippen molar-refractivity contribution in [2.24, 2.45) is 0 Å². The summed E-state index contributed by atoms with van der Waals surface area (Å²) in [7, 11) is 0.00849. The molecule has 0 spiro atoms. The van der Waals surface area contributed by atoms with Gasteiger partial charge in [0, 0.05) is 6.61 Å². The summed E-state index contributed by atoms with van der Waals surface area (Å²) in [5.41, 5.74) is 0. The van der Waals surface area contributed by atoms with Gasteiger partial charge < -0.3 is 4.43 Å². The molecule has 7 heavy (non-hydrogen) atoms. The Morgan fingerprint density at radius 2 is 2.14 bits per heavy atom. The van der Waals surface area contributed by atoms with E-state index in [4.69, 9.17) is 4.43 Å². The van der Waals surface area contributed by atoms with E-state index in [1.807, 2.05) is 0 Å². The second kappa shape index (κ2) is 4.96. The van der Waals surface area contributed by atoms with Crippen LogP contribution in [0.25, 0.3) is 0 Å². The Bertz CT molecular complexity index is 27.2. The van der Waals surface area contributed by atoms with Crippen molar-refractivity contribution in [1.82, 2.24) is 0 Å². The van der Waals surface area contributed by atoms with Crippen LogP contribution >= 0.6 is 0 Å². The van der Waals surface area contributed by atoms with E-state index in [1.54, 1.807) is 0 Å². The summed E-state index contributed by atoms with van der Waals surface area (Å²) in [6.07, 6.45) is 2.75. The van der Waals surface area contributed by atoms with E-state index >= 15 is 0 Å². The Kier molecular flexibility index (Phi) is 5.54. The fraction of sp³-hybridized carbons (Fsp3) is 1.00. The van der Waals surface area contributed by atoms with Crippen molar-refractivity contribution in [3.8, 4) is 0 Å².